The molecular weight excluding hydrogens is 254 g/mol. The van der Waals surface area contributed by atoms with E-state index in [1.54, 1.807) is 29.9 Å². The van der Waals surface area contributed by atoms with E-state index >= 15 is 0 Å². The van der Waals surface area contributed by atoms with Crippen molar-refractivity contribution < 1.29 is 18.3 Å². The quantitative estimate of drug-likeness (QED) is 0.924. The molecule has 1 aromatic carbocycles. The molecule has 4 nitrogen and oxygen atoms in total. The lowest BCUT2D eigenvalue weighted by atomic mass is 10.3. The minimum absolute atomic E-state index is 0.0480. The molecule has 19 heavy (non-hydrogen) atoms. The lowest BCUT2D eigenvalue weighted by Crippen LogP contribution is -2.15. The van der Waals surface area contributed by atoms with Gasteiger partial charge in [0.15, 0.2) is 0 Å². The molecule has 1 heterocycles. The predicted octanol–water partition coefficient (Wildman–Crippen LogP) is 2.88. The number of amides is 1. The van der Waals surface area contributed by atoms with Crippen LogP contribution in [0.15, 0.2) is 42.6 Å². The molecule has 2 rings (SSSR count). The van der Waals surface area contributed by atoms with E-state index in [4.69, 9.17) is 0 Å². The first-order valence-corrected chi connectivity index (χ1v) is 5.54. The summed E-state index contributed by atoms with van der Waals surface area (Å²) in [5.74, 6) is -0.220. The number of carbonyl (C=O) groups is 1. The number of alkyl halides is 2. The van der Waals surface area contributed by atoms with Crippen LogP contribution in [0.5, 0.6) is 5.75 Å². The lowest BCUT2D eigenvalue weighted by molar-refractivity contribution is -0.0498. The van der Waals surface area contributed by atoms with Crippen molar-refractivity contribution in [3.05, 3.63) is 48.3 Å². The molecule has 0 atom stereocenters. The number of benzene rings is 1. The molecule has 0 saturated carbocycles. The van der Waals surface area contributed by atoms with Gasteiger partial charge in [-0.2, -0.15) is 8.78 Å². The van der Waals surface area contributed by atoms with Gasteiger partial charge in [-0.05, 0) is 36.4 Å². The first-order valence-electron chi connectivity index (χ1n) is 5.54. The van der Waals surface area contributed by atoms with E-state index in [0.717, 1.165) is 0 Å². The van der Waals surface area contributed by atoms with Crippen molar-refractivity contribution in [2.24, 2.45) is 7.05 Å². The van der Waals surface area contributed by atoms with Gasteiger partial charge in [0.2, 0.25) is 0 Å². The van der Waals surface area contributed by atoms with Crippen molar-refractivity contribution in [2.45, 2.75) is 6.61 Å². The van der Waals surface area contributed by atoms with Gasteiger partial charge in [0, 0.05) is 18.9 Å². The Kier molecular flexibility index (Phi) is 3.79. The molecule has 6 heteroatoms. The Balaban J connectivity index is 2.04. The van der Waals surface area contributed by atoms with Gasteiger partial charge in [0.25, 0.3) is 5.91 Å². The number of nitrogens with one attached hydrogen (secondary N) is 1. The Morgan fingerprint density at radius 2 is 1.95 bits per heavy atom. The van der Waals surface area contributed by atoms with Gasteiger partial charge in [-0.25, -0.2) is 0 Å². The predicted molar refractivity (Wildman–Crippen MR) is 66.4 cm³/mol. The van der Waals surface area contributed by atoms with E-state index in [2.05, 4.69) is 10.1 Å². The Morgan fingerprint density at radius 1 is 1.26 bits per heavy atom. The largest absolute Gasteiger partial charge is 0.435 e. The molecular formula is C13H12F2N2O2. The number of hydrogen-bond donors (Lipinski definition) is 1. The minimum atomic E-state index is -2.86. The molecule has 0 unspecified atom stereocenters. The van der Waals surface area contributed by atoms with Gasteiger partial charge in [-0.15, -0.1) is 0 Å². The second-order valence-corrected chi connectivity index (χ2v) is 3.86. The zero-order valence-electron chi connectivity index (χ0n) is 10.1. The van der Waals surface area contributed by atoms with Crippen LogP contribution >= 0.6 is 0 Å². The maximum atomic E-state index is 12.0. The number of carbonyl (C=O) groups excluding carboxylic acids is 1. The van der Waals surface area contributed by atoms with Crippen LogP contribution in [-0.2, 0) is 7.05 Å². The van der Waals surface area contributed by atoms with Crippen molar-refractivity contribution in [3.8, 4) is 5.75 Å². The number of halogens is 2. The Labute approximate surface area is 108 Å². The Morgan fingerprint density at radius 3 is 2.47 bits per heavy atom. The second kappa shape index (κ2) is 5.51. The molecule has 0 fully saturated rings. The summed E-state index contributed by atoms with van der Waals surface area (Å²) in [6.45, 7) is -2.86. The van der Waals surface area contributed by atoms with Crippen LogP contribution in [-0.4, -0.2) is 17.1 Å². The summed E-state index contributed by atoms with van der Waals surface area (Å²) in [4.78, 5) is 11.9. The third-order valence-electron chi connectivity index (χ3n) is 2.51. The number of anilines is 1. The van der Waals surface area contributed by atoms with Gasteiger partial charge in [0.1, 0.15) is 11.4 Å². The molecule has 2 aromatic rings. The van der Waals surface area contributed by atoms with Gasteiger partial charge < -0.3 is 14.6 Å². The highest BCUT2D eigenvalue weighted by atomic mass is 19.3. The molecule has 1 N–H and O–H groups in total. The number of aromatic nitrogens is 1. The molecule has 0 aliphatic rings. The van der Waals surface area contributed by atoms with E-state index in [1.165, 1.54) is 24.3 Å². The highest BCUT2D eigenvalue weighted by molar-refractivity contribution is 6.03. The summed E-state index contributed by atoms with van der Waals surface area (Å²) in [5.41, 5.74) is 1.01. The summed E-state index contributed by atoms with van der Waals surface area (Å²) >= 11 is 0. The summed E-state index contributed by atoms with van der Waals surface area (Å²) in [7, 11) is 1.76. The molecule has 1 aromatic heterocycles. The normalized spacial score (nSPS) is 10.5. The third kappa shape index (κ3) is 3.31. The van der Waals surface area contributed by atoms with E-state index in [-0.39, 0.29) is 11.7 Å². The molecule has 0 saturated heterocycles. The zero-order chi connectivity index (χ0) is 13.8. The van der Waals surface area contributed by atoms with Crippen LogP contribution in [0.25, 0.3) is 0 Å². The lowest BCUT2D eigenvalue weighted by Gasteiger charge is -2.08. The second-order valence-electron chi connectivity index (χ2n) is 3.86. The zero-order valence-corrected chi connectivity index (χ0v) is 10.1. The fourth-order valence-corrected chi connectivity index (χ4v) is 1.61. The Bertz CT molecular complexity index is 564. The maximum Gasteiger partial charge on any atom is 0.387 e. The summed E-state index contributed by atoms with van der Waals surface area (Å²) < 4.78 is 29.8. The van der Waals surface area contributed by atoms with Crippen molar-refractivity contribution >= 4 is 11.6 Å². The molecule has 1 amide bonds. The molecule has 0 spiro atoms. The summed E-state index contributed by atoms with van der Waals surface area (Å²) in [5, 5.41) is 2.66. The standard InChI is InChI=1S/C13H12F2N2O2/c1-17-8-2-3-11(17)12(18)16-9-4-6-10(7-5-9)19-13(14)15/h2-8,13H,1H3,(H,16,18). The molecule has 0 radical (unpaired) electrons. The van der Waals surface area contributed by atoms with E-state index in [0.29, 0.717) is 11.4 Å². The van der Waals surface area contributed by atoms with Crippen LogP contribution in [0, 0.1) is 0 Å². The molecule has 100 valence electrons. The molecule has 0 aliphatic carbocycles. The Hall–Kier alpha value is -2.37. The van der Waals surface area contributed by atoms with Crippen LogP contribution in [0.1, 0.15) is 10.5 Å². The smallest absolute Gasteiger partial charge is 0.387 e. The van der Waals surface area contributed by atoms with Crippen molar-refractivity contribution in [2.75, 3.05) is 5.32 Å². The van der Waals surface area contributed by atoms with Gasteiger partial charge >= 0.3 is 6.61 Å². The SMILES string of the molecule is Cn1cccc1C(=O)Nc1ccc(OC(F)F)cc1. The molecule has 0 bridgehead atoms. The average molecular weight is 266 g/mol. The van der Waals surface area contributed by atoms with Gasteiger partial charge in [-0.1, -0.05) is 0 Å². The van der Waals surface area contributed by atoms with Crippen molar-refractivity contribution in [1.82, 2.24) is 4.57 Å². The molecule has 0 aliphatic heterocycles. The van der Waals surface area contributed by atoms with Gasteiger partial charge in [0.05, 0.1) is 0 Å². The van der Waals surface area contributed by atoms with Crippen LogP contribution in [0.2, 0.25) is 0 Å². The first kappa shape index (κ1) is 13.1. The van der Waals surface area contributed by atoms with Crippen molar-refractivity contribution in [3.63, 3.8) is 0 Å². The topological polar surface area (TPSA) is 43.3 Å². The summed E-state index contributed by atoms with van der Waals surface area (Å²) in [6, 6.07) is 9.18. The maximum absolute atomic E-state index is 12.0. The van der Waals surface area contributed by atoms with Gasteiger partial charge in [-0.3, -0.25) is 4.79 Å². The monoisotopic (exact) mass is 266 g/mol. The van der Waals surface area contributed by atoms with Crippen LogP contribution < -0.4 is 10.1 Å². The minimum Gasteiger partial charge on any atom is -0.435 e. The van der Waals surface area contributed by atoms with E-state index in [1.807, 2.05) is 0 Å². The highest BCUT2D eigenvalue weighted by Crippen LogP contribution is 2.18. The highest BCUT2D eigenvalue weighted by Gasteiger charge is 2.09. The fourth-order valence-electron chi connectivity index (χ4n) is 1.61. The third-order valence-corrected chi connectivity index (χ3v) is 2.51. The number of hydrogen-bond acceptors (Lipinski definition) is 2. The average Bonchev–Trinajstić information content (AvgIpc) is 2.77. The number of nitrogens with zero attached hydrogens (tertiary/aromatic N) is 1. The fraction of sp³-hybridized carbons (Fsp3) is 0.154. The van der Waals surface area contributed by atoms with Crippen LogP contribution in [0.3, 0.4) is 0 Å². The first-order chi connectivity index (χ1) is 9.06. The number of aryl methyl sites for hydroxylation is 1. The number of ether oxygens (including phenoxy) is 1. The number of rotatable bonds is 4. The van der Waals surface area contributed by atoms with Crippen molar-refractivity contribution in [1.29, 1.82) is 0 Å². The van der Waals surface area contributed by atoms with E-state index in [9.17, 15) is 13.6 Å². The van der Waals surface area contributed by atoms with Crippen LogP contribution in [0.4, 0.5) is 14.5 Å². The van der Waals surface area contributed by atoms with E-state index < -0.39 is 6.61 Å². The summed E-state index contributed by atoms with van der Waals surface area (Å²) in [6.07, 6.45) is 1.76.